The summed E-state index contributed by atoms with van der Waals surface area (Å²) in [6.45, 7) is 3.40. The van der Waals surface area contributed by atoms with Gasteiger partial charge >= 0.3 is 0 Å². The fourth-order valence-electron chi connectivity index (χ4n) is 3.16. The number of methoxy groups -OCH3 is 1. The monoisotopic (exact) mass is 478 g/mol. The van der Waals surface area contributed by atoms with E-state index in [9.17, 15) is 13.6 Å². The van der Waals surface area contributed by atoms with Crippen molar-refractivity contribution in [3.63, 3.8) is 0 Å². The fourth-order valence-corrected chi connectivity index (χ4v) is 3.16. The molecule has 1 amide bonds. The molecule has 3 N–H and O–H groups in total. The molecule has 35 heavy (non-hydrogen) atoms. The van der Waals surface area contributed by atoms with Crippen molar-refractivity contribution < 1.29 is 19.7 Å². The highest BCUT2D eigenvalue weighted by atomic mass is 19.1. The Hall–Kier alpha value is -4.80. The molecule has 2 heterocycles. The second-order valence-corrected chi connectivity index (χ2v) is 7.28. The van der Waals surface area contributed by atoms with E-state index in [1.165, 1.54) is 37.6 Å². The van der Waals surface area contributed by atoms with E-state index in [2.05, 4.69) is 37.6 Å². The maximum atomic E-state index is 14.7. The molecule has 2 aromatic carbocycles. The number of benzene rings is 2. The molecule has 0 atom stereocenters. The van der Waals surface area contributed by atoms with Gasteiger partial charge in [0, 0.05) is 36.7 Å². The molecule has 0 radical (unpaired) electrons. The Balaban J connectivity index is 1.79. The van der Waals surface area contributed by atoms with Gasteiger partial charge in [0.25, 0.3) is 0 Å². The lowest BCUT2D eigenvalue weighted by Gasteiger charge is -2.15. The molecule has 4 rings (SSSR count). The van der Waals surface area contributed by atoms with Crippen LogP contribution in [0, 0.1) is 11.6 Å². The Morgan fingerprint density at radius 1 is 1.20 bits per heavy atom. The number of carbonyl (C=O) groups excluding carboxylic acids is 1. The van der Waals surface area contributed by atoms with Gasteiger partial charge in [0.2, 0.25) is 11.9 Å². The summed E-state index contributed by atoms with van der Waals surface area (Å²) in [6, 6.07) is 6.15. The van der Waals surface area contributed by atoms with Crippen molar-refractivity contribution in [2.75, 3.05) is 23.1 Å². The predicted molar refractivity (Wildman–Crippen MR) is 129 cm³/mol. The first-order valence-electron chi connectivity index (χ1n) is 10.7. The molecular formula is C24H21F2N7O2. The molecule has 0 bridgehead atoms. The molecule has 0 saturated heterocycles. The number of anilines is 5. The third-order valence-corrected chi connectivity index (χ3v) is 4.76. The number of hydrogen-bond donors (Lipinski definition) is 3. The van der Waals surface area contributed by atoms with Crippen LogP contribution in [-0.4, -0.2) is 32.8 Å². The van der Waals surface area contributed by atoms with Gasteiger partial charge in [-0.25, -0.2) is 13.8 Å². The van der Waals surface area contributed by atoms with Crippen LogP contribution < -0.4 is 20.7 Å². The Kier molecular flexibility index (Phi) is 6.29. The molecule has 0 unspecified atom stereocenters. The zero-order chi connectivity index (χ0) is 25.8. The Bertz CT molecular complexity index is 1460. The van der Waals surface area contributed by atoms with Crippen LogP contribution >= 0.6 is 0 Å². The summed E-state index contributed by atoms with van der Waals surface area (Å²) in [5.41, 5.74) is 1.53. The Labute approximate surface area is 200 Å². The third kappa shape index (κ3) is 5.58. The molecule has 0 saturated carbocycles. The molecule has 0 aliphatic heterocycles. The lowest BCUT2D eigenvalue weighted by Crippen LogP contribution is -2.08. The number of aryl methyl sites for hydroxylation is 1. The Morgan fingerprint density at radius 3 is 2.74 bits per heavy atom. The number of aromatic nitrogens is 4. The highest BCUT2D eigenvalue weighted by Crippen LogP contribution is 2.33. The number of amides is 1. The standard InChI is InChI=1S/C24H21F2N7O2/c1-4-22(34)29-16-5-6-20(26)21(10-16)31-23-19(14-7-15(25)9-18(8-14)35-3)12-27-24(32-23)30-17-11-28-33(2)13-17/h4-13H,1H2,2-3H3,(H,29,34)(H2,27,30,31,32)/i9D. The van der Waals surface area contributed by atoms with E-state index in [1.807, 2.05) is 0 Å². The number of halogens is 2. The van der Waals surface area contributed by atoms with E-state index >= 15 is 0 Å². The zero-order valence-corrected chi connectivity index (χ0v) is 18.8. The van der Waals surface area contributed by atoms with Crippen LogP contribution in [0.3, 0.4) is 0 Å². The van der Waals surface area contributed by atoms with Crippen LogP contribution in [0.25, 0.3) is 11.1 Å². The summed E-state index contributed by atoms with van der Waals surface area (Å²) in [7, 11) is 3.08. The minimum absolute atomic E-state index is 0.00584. The number of nitrogens with zero attached hydrogens (tertiary/aromatic N) is 4. The summed E-state index contributed by atoms with van der Waals surface area (Å²) in [6.07, 6.45) is 5.80. The average Bonchev–Trinajstić information content (AvgIpc) is 3.27. The second-order valence-electron chi connectivity index (χ2n) is 7.28. The second kappa shape index (κ2) is 10.00. The highest BCUT2D eigenvalue weighted by molar-refractivity contribution is 5.99. The van der Waals surface area contributed by atoms with Gasteiger partial charge < -0.3 is 20.7 Å². The average molecular weight is 478 g/mol. The number of hydrogen-bond acceptors (Lipinski definition) is 7. The minimum Gasteiger partial charge on any atom is -0.497 e. The molecule has 2 aromatic heterocycles. The molecule has 0 fully saturated rings. The van der Waals surface area contributed by atoms with Crippen molar-refractivity contribution in [3.05, 3.63) is 79.3 Å². The van der Waals surface area contributed by atoms with Gasteiger partial charge in [0.15, 0.2) is 0 Å². The van der Waals surface area contributed by atoms with Crippen LogP contribution in [0.1, 0.15) is 1.37 Å². The van der Waals surface area contributed by atoms with E-state index in [1.54, 1.807) is 24.1 Å². The SMILES string of the molecule is [2H]c1c(F)cc(-c2cnc(Nc3cnn(C)c3)nc2Nc2cc(NC(=O)C=C)ccc2F)cc1OC. The van der Waals surface area contributed by atoms with Crippen LogP contribution in [0.4, 0.5) is 37.6 Å². The normalized spacial score (nSPS) is 10.9. The number of rotatable bonds is 8. The third-order valence-electron chi connectivity index (χ3n) is 4.76. The number of carbonyl (C=O) groups is 1. The van der Waals surface area contributed by atoms with Crippen LogP contribution in [0.15, 0.2) is 67.6 Å². The molecule has 9 nitrogen and oxygen atoms in total. The number of nitrogens with one attached hydrogen (secondary N) is 3. The molecule has 4 aromatic rings. The predicted octanol–water partition coefficient (Wildman–Crippen LogP) is 4.78. The smallest absolute Gasteiger partial charge is 0.247 e. The van der Waals surface area contributed by atoms with Crippen molar-refractivity contribution in [3.8, 4) is 16.9 Å². The maximum absolute atomic E-state index is 14.7. The van der Waals surface area contributed by atoms with Gasteiger partial charge in [-0.15, -0.1) is 0 Å². The van der Waals surface area contributed by atoms with Gasteiger partial charge in [-0.2, -0.15) is 10.1 Å². The van der Waals surface area contributed by atoms with Crippen molar-refractivity contribution in [2.24, 2.45) is 7.05 Å². The van der Waals surface area contributed by atoms with Crippen LogP contribution in [0.2, 0.25) is 0 Å². The van der Waals surface area contributed by atoms with E-state index in [-0.39, 0.29) is 23.2 Å². The van der Waals surface area contributed by atoms with Gasteiger partial charge in [0.1, 0.15) is 23.2 Å². The van der Waals surface area contributed by atoms with Gasteiger partial charge in [-0.1, -0.05) is 6.58 Å². The summed E-state index contributed by atoms with van der Waals surface area (Å²) in [5, 5.41) is 12.5. The van der Waals surface area contributed by atoms with Crippen molar-refractivity contribution in [2.45, 2.75) is 0 Å². The zero-order valence-electron chi connectivity index (χ0n) is 19.8. The minimum atomic E-state index is -0.812. The fraction of sp³-hybridized carbons (Fsp3) is 0.0833. The van der Waals surface area contributed by atoms with Crippen molar-refractivity contribution in [1.82, 2.24) is 19.7 Å². The summed E-state index contributed by atoms with van der Waals surface area (Å²) in [4.78, 5) is 20.4. The number of ether oxygens (including phenoxy) is 1. The summed E-state index contributed by atoms with van der Waals surface area (Å²) < 4.78 is 43.7. The Morgan fingerprint density at radius 2 is 2.03 bits per heavy atom. The lowest BCUT2D eigenvalue weighted by molar-refractivity contribution is -0.111. The first-order valence-corrected chi connectivity index (χ1v) is 10.2. The van der Waals surface area contributed by atoms with Crippen LogP contribution in [-0.2, 0) is 11.8 Å². The summed E-state index contributed by atoms with van der Waals surface area (Å²) >= 11 is 0. The van der Waals surface area contributed by atoms with Crippen molar-refractivity contribution in [1.29, 1.82) is 0 Å². The molecular weight excluding hydrogens is 456 g/mol. The molecule has 11 heteroatoms. The quantitative estimate of drug-likeness (QED) is 0.313. The molecule has 178 valence electrons. The van der Waals surface area contributed by atoms with E-state index in [0.29, 0.717) is 22.5 Å². The van der Waals surface area contributed by atoms with E-state index in [0.717, 1.165) is 12.1 Å². The highest BCUT2D eigenvalue weighted by Gasteiger charge is 2.15. The lowest BCUT2D eigenvalue weighted by atomic mass is 10.1. The van der Waals surface area contributed by atoms with Gasteiger partial charge in [-0.3, -0.25) is 9.48 Å². The topological polar surface area (TPSA) is 106 Å². The first-order chi connectivity index (χ1) is 17.3. The van der Waals surface area contributed by atoms with E-state index in [4.69, 9.17) is 6.11 Å². The van der Waals surface area contributed by atoms with Gasteiger partial charge in [-0.05, 0) is 42.0 Å². The van der Waals surface area contributed by atoms with Crippen LogP contribution in [0.5, 0.6) is 5.75 Å². The summed E-state index contributed by atoms with van der Waals surface area (Å²) in [5.74, 6) is -1.60. The van der Waals surface area contributed by atoms with E-state index < -0.39 is 23.6 Å². The first kappa shape index (κ1) is 22.0. The van der Waals surface area contributed by atoms with Gasteiger partial charge in [0.05, 0.1) is 26.1 Å². The molecule has 0 aliphatic rings. The van der Waals surface area contributed by atoms with Crippen molar-refractivity contribution >= 4 is 34.7 Å². The molecule has 0 aliphatic carbocycles. The largest absolute Gasteiger partial charge is 0.497 e. The molecule has 0 spiro atoms. The maximum Gasteiger partial charge on any atom is 0.247 e.